The second kappa shape index (κ2) is 7.49. The molecule has 0 aliphatic carbocycles. The van der Waals surface area contributed by atoms with Crippen LogP contribution in [0, 0.1) is 0 Å². The molecule has 5 N–H and O–H groups in total. The molecule has 16 heavy (non-hydrogen) atoms. The molecule has 0 fully saturated rings. The summed E-state index contributed by atoms with van der Waals surface area (Å²) in [6, 6.07) is -1.45. The first-order valence-electron chi connectivity index (χ1n) is 5.02. The number of amides is 3. The molecule has 0 radical (unpaired) electrons. The van der Waals surface area contributed by atoms with Gasteiger partial charge in [-0.15, -0.1) is 0 Å². The number of primary amides is 1. The van der Waals surface area contributed by atoms with Crippen LogP contribution in [0.25, 0.3) is 0 Å². The summed E-state index contributed by atoms with van der Waals surface area (Å²) in [6.07, 6.45) is 0.938. The molecule has 0 saturated heterocycles. The lowest BCUT2D eigenvalue weighted by Gasteiger charge is -2.12. The van der Waals surface area contributed by atoms with E-state index >= 15 is 0 Å². The molecular formula is C9H17N3O4. The van der Waals surface area contributed by atoms with E-state index < -0.39 is 23.9 Å². The van der Waals surface area contributed by atoms with E-state index in [4.69, 9.17) is 10.8 Å². The van der Waals surface area contributed by atoms with Gasteiger partial charge in [0, 0.05) is 13.0 Å². The first-order chi connectivity index (χ1) is 7.47. The van der Waals surface area contributed by atoms with Crippen molar-refractivity contribution in [1.29, 1.82) is 0 Å². The van der Waals surface area contributed by atoms with Crippen LogP contribution in [0.4, 0.5) is 4.79 Å². The molecule has 0 aromatic carbocycles. The molecule has 0 heterocycles. The number of aliphatic carboxylic acids is 1. The molecule has 0 bridgehead atoms. The fourth-order valence-electron chi connectivity index (χ4n) is 1.01. The minimum absolute atomic E-state index is 0.191. The third-order valence-electron chi connectivity index (χ3n) is 1.90. The Morgan fingerprint density at radius 2 is 2.00 bits per heavy atom. The van der Waals surface area contributed by atoms with Crippen molar-refractivity contribution in [3.8, 4) is 0 Å². The zero-order valence-corrected chi connectivity index (χ0v) is 9.16. The third kappa shape index (κ3) is 6.63. The van der Waals surface area contributed by atoms with Crippen LogP contribution in [0.1, 0.15) is 26.2 Å². The zero-order valence-electron chi connectivity index (χ0n) is 9.16. The highest BCUT2D eigenvalue weighted by molar-refractivity contribution is 5.82. The highest BCUT2D eigenvalue weighted by Crippen LogP contribution is 1.90. The summed E-state index contributed by atoms with van der Waals surface area (Å²) in [5, 5.41) is 13.4. The van der Waals surface area contributed by atoms with Gasteiger partial charge in [-0.2, -0.15) is 0 Å². The first kappa shape index (κ1) is 14.2. The monoisotopic (exact) mass is 231 g/mol. The minimum Gasteiger partial charge on any atom is -0.480 e. The summed E-state index contributed by atoms with van der Waals surface area (Å²) >= 11 is 0. The molecule has 0 rings (SSSR count). The van der Waals surface area contributed by atoms with Crippen molar-refractivity contribution in [2.45, 2.75) is 32.2 Å². The molecule has 0 unspecified atom stereocenters. The summed E-state index contributed by atoms with van der Waals surface area (Å²) in [7, 11) is 0. The van der Waals surface area contributed by atoms with Crippen molar-refractivity contribution in [1.82, 2.24) is 10.6 Å². The molecule has 7 heteroatoms. The molecule has 0 aromatic rings. The molecule has 0 spiro atoms. The van der Waals surface area contributed by atoms with Crippen LogP contribution in [-0.2, 0) is 9.59 Å². The Morgan fingerprint density at radius 1 is 1.38 bits per heavy atom. The molecule has 7 nitrogen and oxygen atoms in total. The molecule has 3 amide bonds. The van der Waals surface area contributed by atoms with E-state index in [1.807, 2.05) is 0 Å². The van der Waals surface area contributed by atoms with E-state index in [1.54, 1.807) is 6.92 Å². The maximum absolute atomic E-state index is 11.2. The summed E-state index contributed by atoms with van der Waals surface area (Å²) in [4.78, 5) is 32.1. The second-order valence-electron chi connectivity index (χ2n) is 3.27. The van der Waals surface area contributed by atoms with E-state index in [9.17, 15) is 14.4 Å². The quantitative estimate of drug-likeness (QED) is 0.437. The van der Waals surface area contributed by atoms with E-state index in [1.165, 1.54) is 0 Å². The van der Waals surface area contributed by atoms with Crippen molar-refractivity contribution in [2.75, 3.05) is 6.54 Å². The van der Waals surface area contributed by atoms with Gasteiger partial charge in [-0.05, 0) is 12.8 Å². The number of rotatable bonds is 7. The summed E-state index contributed by atoms with van der Waals surface area (Å²) < 4.78 is 0. The van der Waals surface area contributed by atoms with E-state index in [-0.39, 0.29) is 13.0 Å². The van der Waals surface area contributed by atoms with Gasteiger partial charge in [0.1, 0.15) is 6.04 Å². The molecule has 0 saturated carbocycles. The van der Waals surface area contributed by atoms with Gasteiger partial charge in [-0.3, -0.25) is 4.79 Å². The number of nitrogens with two attached hydrogens (primary N) is 1. The fraction of sp³-hybridized carbons (Fsp3) is 0.667. The highest BCUT2D eigenvalue weighted by Gasteiger charge is 2.16. The number of urea groups is 1. The Hall–Kier alpha value is -1.79. The summed E-state index contributed by atoms with van der Waals surface area (Å²) in [5.41, 5.74) is 4.91. The molecular weight excluding hydrogens is 214 g/mol. The van der Waals surface area contributed by atoms with Crippen LogP contribution in [0.15, 0.2) is 0 Å². The van der Waals surface area contributed by atoms with Crippen LogP contribution >= 0.6 is 0 Å². The number of hydrogen-bond acceptors (Lipinski definition) is 3. The Morgan fingerprint density at radius 3 is 2.44 bits per heavy atom. The number of nitrogens with one attached hydrogen (secondary N) is 2. The molecule has 0 aliphatic rings. The SMILES string of the molecule is CC[C@H](NC(=O)NCCCC(N)=O)C(=O)O. The smallest absolute Gasteiger partial charge is 0.326 e. The van der Waals surface area contributed by atoms with Crippen LogP contribution in [0.3, 0.4) is 0 Å². The lowest BCUT2D eigenvalue weighted by molar-refractivity contribution is -0.139. The third-order valence-corrected chi connectivity index (χ3v) is 1.90. The maximum Gasteiger partial charge on any atom is 0.326 e. The zero-order chi connectivity index (χ0) is 12.6. The molecule has 0 aromatic heterocycles. The normalized spacial score (nSPS) is 11.6. The van der Waals surface area contributed by atoms with Gasteiger partial charge in [-0.1, -0.05) is 6.92 Å². The van der Waals surface area contributed by atoms with E-state index in [0.717, 1.165) is 0 Å². The predicted molar refractivity (Wildman–Crippen MR) is 56.7 cm³/mol. The number of carboxylic acids is 1. The van der Waals surface area contributed by atoms with Crippen LogP contribution in [-0.4, -0.2) is 35.6 Å². The van der Waals surface area contributed by atoms with Crippen molar-refractivity contribution in [2.24, 2.45) is 5.73 Å². The van der Waals surface area contributed by atoms with Gasteiger partial charge in [0.2, 0.25) is 5.91 Å². The molecule has 0 aliphatic heterocycles. The van der Waals surface area contributed by atoms with Gasteiger partial charge >= 0.3 is 12.0 Å². The number of carboxylic acid groups (broad SMARTS) is 1. The first-order valence-corrected chi connectivity index (χ1v) is 5.02. The van der Waals surface area contributed by atoms with Crippen molar-refractivity contribution < 1.29 is 19.5 Å². The van der Waals surface area contributed by atoms with E-state index in [2.05, 4.69) is 10.6 Å². The minimum atomic E-state index is -1.07. The lowest BCUT2D eigenvalue weighted by atomic mass is 10.2. The lowest BCUT2D eigenvalue weighted by Crippen LogP contribution is -2.45. The van der Waals surface area contributed by atoms with Crippen LogP contribution in [0.2, 0.25) is 0 Å². The van der Waals surface area contributed by atoms with Gasteiger partial charge in [0.15, 0.2) is 0 Å². The second-order valence-corrected chi connectivity index (χ2v) is 3.27. The van der Waals surface area contributed by atoms with Crippen molar-refractivity contribution in [3.05, 3.63) is 0 Å². The van der Waals surface area contributed by atoms with Crippen LogP contribution < -0.4 is 16.4 Å². The summed E-state index contributed by atoms with van der Waals surface area (Å²) in [5.74, 6) is -1.51. The Kier molecular flexibility index (Phi) is 6.66. The average molecular weight is 231 g/mol. The summed E-state index contributed by atoms with van der Waals surface area (Å²) in [6.45, 7) is 1.94. The number of carbonyl (C=O) groups is 3. The Balaban J connectivity index is 3.73. The number of carbonyl (C=O) groups excluding carboxylic acids is 2. The van der Waals surface area contributed by atoms with E-state index in [0.29, 0.717) is 12.8 Å². The Bertz CT molecular complexity index is 267. The van der Waals surface area contributed by atoms with Gasteiger partial charge in [0.25, 0.3) is 0 Å². The average Bonchev–Trinajstić information content (AvgIpc) is 2.20. The largest absolute Gasteiger partial charge is 0.480 e. The Labute approximate surface area is 93.4 Å². The van der Waals surface area contributed by atoms with Gasteiger partial charge in [0.05, 0.1) is 0 Å². The maximum atomic E-state index is 11.2. The van der Waals surface area contributed by atoms with Gasteiger partial charge in [-0.25, -0.2) is 9.59 Å². The van der Waals surface area contributed by atoms with Crippen LogP contribution in [0.5, 0.6) is 0 Å². The van der Waals surface area contributed by atoms with Crippen molar-refractivity contribution in [3.63, 3.8) is 0 Å². The number of hydrogen-bond donors (Lipinski definition) is 4. The predicted octanol–water partition coefficient (Wildman–Crippen LogP) is -0.586. The van der Waals surface area contributed by atoms with Crippen molar-refractivity contribution >= 4 is 17.9 Å². The molecule has 1 atom stereocenters. The fourth-order valence-corrected chi connectivity index (χ4v) is 1.01. The molecule has 92 valence electrons. The standard InChI is InChI=1S/C9H17N3O4/c1-2-6(8(14)15)12-9(16)11-5-3-4-7(10)13/h6H,2-5H2,1H3,(H2,10,13)(H,14,15)(H2,11,12,16)/t6-/m0/s1. The highest BCUT2D eigenvalue weighted by atomic mass is 16.4. The van der Waals surface area contributed by atoms with Gasteiger partial charge < -0.3 is 21.5 Å². The topological polar surface area (TPSA) is 122 Å².